The third kappa shape index (κ3) is 4.65. The van der Waals surface area contributed by atoms with Gasteiger partial charge in [-0.15, -0.1) is 0 Å². The lowest BCUT2D eigenvalue weighted by atomic mass is 9.96. The molecule has 3 aromatic rings. The van der Waals surface area contributed by atoms with Gasteiger partial charge in [-0.05, 0) is 49.1 Å². The summed E-state index contributed by atoms with van der Waals surface area (Å²) in [7, 11) is 0. The Morgan fingerprint density at radius 2 is 1.79 bits per heavy atom. The van der Waals surface area contributed by atoms with E-state index in [2.05, 4.69) is 15.3 Å². The van der Waals surface area contributed by atoms with Crippen molar-refractivity contribution in [3.63, 3.8) is 0 Å². The van der Waals surface area contributed by atoms with Crippen LogP contribution < -0.4 is 14.8 Å². The number of amides is 1. The molecule has 0 spiro atoms. The Kier molecular flexibility index (Phi) is 5.47. The van der Waals surface area contributed by atoms with Crippen LogP contribution in [-0.2, 0) is 6.54 Å². The SMILES string of the molecule is O=C(NCc1ccnc(Oc2ccccc2)c1)c1ccnc(OC2CCC2)c1. The average molecular weight is 375 g/mol. The summed E-state index contributed by atoms with van der Waals surface area (Å²) in [5.74, 6) is 1.52. The van der Waals surface area contributed by atoms with Crippen molar-refractivity contribution in [3.8, 4) is 17.5 Å². The van der Waals surface area contributed by atoms with Gasteiger partial charge in [0.15, 0.2) is 0 Å². The monoisotopic (exact) mass is 375 g/mol. The largest absolute Gasteiger partial charge is 0.474 e. The van der Waals surface area contributed by atoms with Crippen LogP contribution in [0.15, 0.2) is 67.0 Å². The standard InChI is InChI=1S/C22H21N3O3/c26-22(17-10-12-24-21(14-17)28-19-7-4-8-19)25-15-16-9-11-23-20(13-16)27-18-5-2-1-3-6-18/h1-3,5-6,9-14,19H,4,7-8,15H2,(H,25,26). The van der Waals surface area contributed by atoms with Gasteiger partial charge in [0, 0.05) is 36.6 Å². The third-order valence-corrected chi connectivity index (χ3v) is 4.55. The van der Waals surface area contributed by atoms with Gasteiger partial charge in [-0.2, -0.15) is 0 Å². The highest BCUT2D eigenvalue weighted by atomic mass is 16.5. The normalized spacial score (nSPS) is 13.4. The molecule has 0 radical (unpaired) electrons. The second kappa shape index (κ2) is 8.52. The van der Waals surface area contributed by atoms with Gasteiger partial charge in [0.25, 0.3) is 5.91 Å². The van der Waals surface area contributed by atoms with Crippen molar-refractivity contribution in [1.29, 1.82) is 0 Å². The molecule has 0 aliphatic heterocycles. The lowest BCUT2D eigenvalue weighted by molar-refractivity contribution is 0.0946. The van der Waals surface area contributed by atoms with Crippen LogP contribution in [0.5, 0.6) is 17.5 Å². The number of carbonyl (C=O) groups is 1. The summed E-state index contributed by atoms with van der Waals surface area (Å²) in [5.41, 5.74) is 1.42. The molecule has 28 heavy (non-hydrogen) atoms. The Bertz CT molecular complexity index is 943. The number of carbonyl (C=O) groups excluding carboxylic acids is 1. The molecular formula is C22H21N3O3. The van der Waals surface area contributed by atoms with Gasteiger partial charge in [0.05, 0.1) is 0 Å². The maximum Gasteiger partial charge on any atom is 0.251 e. The lowest BCUT2D eigenvalue weighted by Gasteiger charge is -2.25. The second-order valence-electron chi connectivity index (χ2n) is 6.65. The summed E-state index contributed by atoms with van der Waals surface area (Å²) in [5, 5.41) is 2.91. The number of rotatable bonds is 7. The first kappa shape index (κ1) is 18.0. The van der Waals surface area contributed by atoms with Gasteiger partial charge >= 0.3 is 0 Å². The third-order valence-electron chi connectivity index (χ3n) is 4.55. The van der Waals surface area contributed by atoms with E-state index in [9.17, 15) is 4.79 Å². The summed E-state index contributed by atoms with van der Waals surface area (Å²) in [6.07, 6.45) is 6.77. The van der Waals surface area contributed by atoms with Crippen molar-refractivity contribution in [2.24, 2.45) is 0 Å². The van der Waals surface area contributed by atoms with Crippen molar-refractivity contribution in [3.05, 3.63) is 78.1 Å². The minimum Gasteiger partial charge on any atom is -0.474 e. The Morgan fingerprint density at radius 3 is 2.57 bits per heavy atom. The zero-order valence-electron chi connectivity index (χ0n) is 15.4. The molecule has 1 aliphatic rings. The maximum absolute atomic E-state index is 12.5. The molecule has 1 fully saturated rings. The van der Waals surface area contributed by atoms with Crippen LogP contribution in [0.25, 0.3) is 0 Å². The molecule has 1 aliphatic carbocycles. The number of benzene rings is 1. The van der Waals surface area contributed by atoms with Gasteiger partial charge in [0.1, 0.15) is 11.9 Å². The smallest absolute Gasteiger partial charge is 0.251 e. The predicted molar refractivity (Wildman–Crippen MR) is 104 cm³/mol. The van der Waals surface area contributed by atoms with Gasteiger partial charge in [-0.25, -0.2) is 9.97 Å². The molecule has 2 aromatic heterocycles. The van der Waals surface area contributed by atoms with Crippen molar-refractivity contribution < 1.29 is 14.3 Å². The highest BCUT2D eigenvalue weighted by molar-refractivity contribution is 5.94. The van der Waals surface area contributed by atoms with E-state index in [4.69, 9.17) is 9.47 Å². The number of nitrogens with one attached hydrogen (secondary N) is 1. The first-order chi connectivity index (χ1) is 13.8. The molecule has 0 unspecified atom stereocenters. The molecule has 1 amide bonds. The fourth-order valence-electron chi connectivity index (χ4n) is 2.78. The van der Waals surface area contributed by atoms with E-state index in [1.165, 1.54) is 6.42 Å². The number of para-hydroxylation sites is 1. The van der Waals surface area contributed by atoms with E-state index < -0.39 is 0 Å². The molecule has 2 heterocycles. The molecule has 0 bridgehead atoms. The molecule has 1 saturated carbocycles. The number of hydrogen-bond donors (Lipinski definition) is 1. The van der Waals surface area contributed by atoms with Crippen molar-refractivity contribution >= 4 is 5.91 Å². The average Bonchev–Trinajstić information content (AvgIpc) is 2.70. The highest BCUT2D eigenvalue weighted by Gasteiger charge is 2.20. The van der Waals surface area contributed by atoms with Gasteiger partial charge in [-0.3, -0.25) is 4.79 Å². The summed E-state index contributed by atoms with van der Waals surface area (Å²) in [4.78, 5) is 20.9. The molecule has 1 N–H and O–H groups in total. The Labute approximate surface area is 163 Å². The van der Waals surface area contributed by atoms with Crippen molar-refractivity contribution in [2.75, 3.05) is 0 Å². The van der Waals surface area contributed by atoms with Gasteiger partial charge in [0.2, 0.25) is 11.8 Å². The van der Waals surface area contributed by atoms with Crippen molar-refractivity contribution in [2.45, 2.75) is 31.9 Å². The number of ether oxygens (including phenoxy) is 2. The Balaban J connectivity index is 1.35. The van der Waals surface area contributed by atoms with Crippen LogP contribution in [0.2, 0.25) is 0 Å². The van der Waals surface area contributed by atoms with Crippen LogP contribution >= 0.6 is 0 Å². The molecule has 142 valence electrons. The van der Waals surface area contributed by atoms with E-state index >= 15 is 0 Å². The van der Waals surface area contributed by atoms with Crippen LogP contribution in [0, 0.1) is 0 Å². The fraction of sp³-hybridized carbons (Fsp3) is 0.227. The molecule has 6 nitrogen and oxygen atoms in total. The first-order valence-electron chi connectivity index (χ1n) is 9.35. The minimum atomic E-state index is -0.178. The Morgan fingerprint density at radius 1 is 1.00 bits per heavy atom. The summed E-state index contributed by atoms with van der Waals surface area (Å²) in [6.45, 7) is 0.369. The molecule has 6 heteroatoms. The summed E-state index contributed by atoms with van der Waals surface area (Å²) in [6, 6.07) is 16.5. The van der Waals surface area contributed by atoms with Crippen LogP contribution in [0.4, 0.5) is 0 Å². The Hall–Kier alpha value is -3.41. The number of hydrogen-bond acceptors (Lipinski definition) is 5. The highest BCUT2D eigenvalue weighted by Crippen LogP contribution is 2.24. The molecular weight excluding hydrogens is 354 g/mol. The van der Waals surface area contributed by atoms with Crippen LogP contribution in [-0.4, -0.2) is 22.0 Å². The molecule has 0 saturated heterocycles. The van der Waals surface area contributed by atoms with E-state index in [1.54, 1.807) is 24.5 Å². The zero-order valence-corrected chi connectivity index (χ0v) is 15.4. The van der Waals surface area contributed by atoms with Gasteiger partial charge in [-0.1, -0.05) is 18.2 Å². The quantitative estimate of drug-likeness (QED) is 0.672. The lowest BCUT2D eigenvalue weighted by Crippen LogP contribution is -2.26. The topological polar surface area (TPSA) is 73.3 Å². The van der Waals surface area contributed by atoms with E-state index in [1.807, 2.05) is 42.5 Å². The number of pyridine rings is 2. The second-order valence-corrected chi connectivity index (χ2v) is 6.65. The van der Waals surface area contributed by atoms with Crippen LogP contribution in [0.3, 0.4) is 0 Å². The minimum absolute atomic E-state index is 0.178. The number of nitrogens with zero attached hydrogens (tertiary/aromatic N) is 2. The maximum atomic E-state index is 12.5. The summed E-state index contributed by atoms with van der Waals surface area (Å²) < 4.78 is 11.5. The predicted octanol–water partition coefficient (Wildman–Crippen LogP) is 4.13. The van der Waals surface area contributed by atoms with Crippen LogP contribution in [0.1, 0.15) is 35.2 Å². The van der Waals surface area contributed by atoms with E-state index in [-0.39, 0.29) is 12.0 Å². The zero-order chi connectivity index (χ0) is 19.2. The number of aromatic nitrogens is 2. The fourth-order valence-corrected chi connectivity index (χ4v) is 2.78. The van der Waals surface area contributed by atoms with E-state index in [0.717, 1.165) is 18.4 Å². The van der Waals surface area contributed by atoms with E-state index in [0.29, 0.717) is 29.6 Å². The van der Waals surface area contributed by atoms with Crippen molar-refractivity contribution in [1.82, 2.24) is 15.3 Å². The molecule has 4 rings (SSSR count). The van der Waals surface area contributed by atoms with Gasteiger partial charge < -0.3 is 14.8 Å². The molecule has 1 aromatic carbocycles. The summed E-state index contributed by atoms with van der Waals surface area (Å²) >= 11 is 0. The first-order valence-corrected chi connectivity index (χ1v) is 9.35. The molecule has 0 atom stereocenters.